The molecule has 0 N–H and O–H groups in total. The van der Waals surface area contributed by atoms with Gasteiger partial charge in [0, 0.05) is 16.7 Å². The first-order valence-electron chi connectivity index (χ1n) is 11.3. The highest BCUT2D eigenvalue weighted by Gasteiger charge is 2.30. The number of nitriles is 6. The maximum Gasteiger partial charge on any atom is 0.138 e. The SMILES string of the molecule is N#CC(C#N)=C1c2cc(-c3ccc(C#N)cc3)c(C#N)cc2-c2cc(C#N)c(-c3ccc(C#N)cc3)cc21. The number of hydrogen-bond donors (Lipinski definition) is 0. The zero-order valence-corrected chi connectivity index (χ0v) is 19.6. The number of hydrogen-bond acceptors (Lipinski definition) is 6. The summed E-state index contributed by atoms with van der Waals surface area (Å²) < 4.78 is 0. The van der Waals surface area contributed by atoms with Crippen molar-refractivity contribution in [3.63, 3.8) is 0 Å². The Balaban J connectivity index is 1.81. The van der Waals surface area contributed by atoms with Crippen LogP contribution < -0.4 is 0 Å². The Hall–Kier alpha value is -6.44. The average Bonchev–Trinajstić information content (AvgIpc) is 3.28. The molecule has 1 aliphatic rings. The summed E-state index contributed by atoms with van der Waals surface area (Å²) in [6.07, 6.45) is 0. The van der Waals surface area contributed by atoms with Crippen LogP contribution in [0.3, 0.4) is 0 Å². The quantitative estimate of drug-likeness (QED) is 0.270. The van der Waals surface area contributed by atoms with Crippen molar-refractivity contribution in [3.8, 4) is 69.8 Å². The Bertz CT molecular complexity index is 1810. The van der Waals surface area contributed by atoms with Gasteiger partial charge in [-0.1, -0.05) is 24.3 Å². The summed E-state index contributed by atoms with van der Waals surface area (Å²) in [6.45, 7) is 0. The zero-order chi connectivity index (χ0) is 26.8. The summed E-state index contributed by atoms with van der Waals surface area (Å²) in [6, 6.07) is 33.2. The second kappa shape index (κ2) is 9.31. The van der Waals surface area contributed by atoms with Gasteiger partial charge in [-0.3, -0.25) is 0 Å². The molecule has 1 aliphatic carbocycles. The third-order valence-corrected chi connectivity index (χ3v) is 6.51. The van der Waals surface area contributed by atoms with Crippen molar-refractivity contribution in [2.24, 2.45) is 0 Å². The highest BCUT2D eigenvalue weighted by Crippen LogP contribution is 2.49. The predicted octanol–water partition coefficient (Wildman–Crippen LogP) is 6.34. The van der Waals surface area contributed by atoms with Crippen molar-refractivity contribution in [2.45, 2.75) is 0 Å². The first-order valence-corrected chi connectivity index (χ1v) is 11.3. The van der Waals surface area contributed by atoms with Gasteiger partial charge in [0.1, 0.15) is 17.7 Å². The van der Waals surface area contributed by atoms with Crippen LogP contribution in [0.4, 0.5) is 0 Å². The van der Waals surface area contributed by atoms with Crippen LogP contribution in [0.5, 0.6) is 0 Å². The van der Waals surface area contributed by atoms with Crippen LogP contribution in [0.25, 0.3) is 39.0 Å². The van der Waals surface area contributed by atoms with Gasteiger partial charge in [-0.25, -0.2) is 0 Å². The molecule has 0 aliphatic heterocycles. The van der Waals surface area contributed by atoms with Gasteiger partial charge < -0.3 is 0 Å². The molecule has 4 aromatic carbocycles. The van der Waals surface area contributed by atoms with E-state index in [0.717, 1.165) is 0 Å². The molecule has 0 spiro atoms. The van der Waals surface area contributed by atoms with Gasteiger partial charge >= 0.3 is 0 Å². The fraction of sp³-hybridized carbons (Fsp3) is 0. The Morgan fingerprint density at radius 1 is 0.421 bits per heavy atom. The molecule has 38 heavy (non-hydrogen) atoms. The van der Waals surface area contributed by atoms with Gasteiger partial charge in [-0.2, -0.15) is 31.6 Å². The molecule has 0 amide bonds. The third-order valence-electron chi connectivity index (χ3n) is 6.51. The molecule has 0 fully saturated rings. The lowest BCUT2D eigenvalue weighted by atomic mass is 9.91. The van der Waals surface area contributed by atoms with Gasteiger partial charge in [0.2, 0.25) is 0 Å². The Labute approximate surface area is 218 Å². The van der Waals surface area contributed by atoms with Gasteiger partial charge in [0.25, 0.3) is 0 Å². The number of allylic oxidation sites excluding steroid dienone is 1. The minimum atomic E-state index is -0.0871. The molecular weight excluding hydrogens is 468 g/mol. The van der Waals surface area contributed by atoms with E-state index in [4.69, 9.17) is 10.5 Å². The molecule has 0 heterocycles. The summed E-state index contributed by atoms with van der Waals surface area (Å²) in [5, 5.41) is 57.9. The predicted molar refractivity (Wildman–Crippen MR) is 139 cm³/mol. The average molecular weight is 480 g/mol. The first kappa shape index (κ1) is 23.3. The lowest BCUT2D eigenvalue weighted by Gasteiger charge is -2.10. The molecule has 6 heteroatoms. The normalized spacial score (nSPS) is 10.4. The summed E-state index contributed by atoms with van der Waals surface area (Å²) in [7, 11) is 0. The van der Waals surface area contributed by atoms with Gasteiger partial charge in [-0.15, -0.1) is 0 Å². The van der Waals surface area contributed by atoms with E-state index in [1.807, 2.05) is 12.1 Å². The van der Waals surface area contributed by atoms with E-state index in [2.05, 4.69) is 24.3 Å². The number of fused-ring (bicyclic) bond motifs is 3. The number of rotatable bonds is 2. The molecule has 5 rings (SSSR count). The Morgan fingerprint density at radius 3 is 1.13 bits per heavy atom. The van der Waals surface area contributed by atoms with Crippen molar-refractivity contribution >= 4 is 5.57 Å². The second-order valence-corrected chi connectivity index (χ2v) is 8.46. The molecule has 0 bridgehead atoms. The highest BCUT2D eigenvalue weighted by atomic mass is 14.4. The second-order valence-electron chi connectivity index (χ2n) is 8.46. The zero-order valence-electron chi connectivity index (χ0n) is 19.6. The van der Waals surface area contributed by atoms with Gasteiger partial charge in [0.15, 0.2) is 0 Å². The van der Waals surface area contributed by atoms with E-state index in [9.17, 15) is 21.0 Å². The van der Waals surface area contributed by atoms with Crippen molar-refractivity contribution in [1.29, 1.82) is 31.6 Å². The molecule has 0 unspecified atom stereocenters. The lowest BCUT2D eigenvalue weighted by Crippen LogP contribution is -1.92. The molecule has 0 saturated heterocycles. The van der Waals surface area contributed by atoms with Crippen LogP contribution in [0.15, 0.2) is 78.4 Å². The number of nitrogens with zero attached hydrogens (tertiary/aromatic N) is 6. The Morgan fingerprint density at radius 2 is 0.816 bits per heavy atom. The summed E-state index contributed by atoms with van der Waals surface area (Å²) in [5.41, 5.74) is 7.21. The van der Waals surface area contributed by atoms with Crippen LogP contribution >= 0.6 is 0 Å². The highest BCUT2D eigenvalue weighted by molar-refractivity contribution is 6.07. The van der Waals surface area contributed by atoms with Crippen molar-refractivity contribution < 1.29 is 0 Å². The molecule has 0 saturated carbocycles. The summed E-state index contributed by atoms with van der Waals surface area (Å²) >= 11 is 0. The van der Waals surface area contributed by atoms with E-state index in [-0.39, 0.29) is 5.57 Å². The van der Waals surface area contributed by atoms with E-state index in [1.165, 1.54) is 0 Å². The first-order chi connectivity index (χ1) is 18.6. The summed E-state index contributed by atoms with van der Waals surface area (Å²) in [4.78, 5) is 0. The topological polar surface area (TPSA) is 143 Å². The van der Waals surface area contributed by atoms with Crippen LogP contribution in [-0.2, 0) is 0 Å². The Kier molecular flexibility index (Phi) is 5.71. The van der Waals surface area contributed by atoms with Crippen LogP contribution in [0.1, 0.15) is 33.4 Å². The molecule has 0 radical (unpaired) electrons. The molecular formula is C32H12N6. The molecule has 0 aromatic heterocycles. The van der Waals surface area contributed by atoms with E-state index >= 15 is 0 Å². The molecule has 170 valence electrons. The van der Waals surface area contributed by atoms with Gasteiger partial charge in [0.05, 0.1) is 46.5 Å². The largest absolute Gasteiger partial charge is 0.192 e. The third kappa shape index (κ3) is 3.62. The fourth-order valence-electron chi connectivity index (χ4n) is 4.72. The fourth-order valence-corrected chi connectivity index (χ4v) is 4.72. The van der Waals surface area contributed by atoms with Gasteiger partial charge in [-0.05, 0) is 81.9 Å². The van der Waals surface area contributed by atoms with Crippen molar-refractivity contribution in [3.05, 3.63) is 112 Å². The monoisotopic (exact) mass is 480 g/mol. The van der Waals surface area contributed by atoms with Crippen LogP contribution in [0.2, 0.25) is 0 Å². The van der Waals surface area contributed by atoms with E-state index in [0.29, 0.717) is 72.3 Å². The number of benzene rings is 4. The lowest BCUT2D eigenvalue weighted by molar-refractivity contribution is 1.45. The molecule has 4 aromatic rings. The maximum atomic E-state index is 9.97. The van der Waals surface area contributed by atoms with Crippen LogP contribution in [0, 0.1) is 68.0 Å². The minimum absolute atomic E-state index is 0.0871. The van der Waals surface area contributed by atoms with Crippen molar-refractivity contribution in [1.82, 2.24) is 0 Å². The molecule has 0 atom stereocenters. The van der Waals surface area contributed by atoms with E-state index < -0.39 is 0 Å². The molecule has 6 nitrogen and oxygen atoms in total. The minimum Gasteiger partial charge on any atom is -0.192 e. The standard InChI is InChI=1S/C32H12N6/c33-13-19-1-5-21(6-2-19)26-11-30-28(9-23(26)15-35)29-10-24(16-36)27(22-7-3-20(14-34)4-8-22)12-31(29)32(30)25(17-37)18-38/h1-12H. The maximum absolute atomic E-state index is 9.97. The van der Waals surface area contributed by atoms with Crippen molar-refractivity contribution in [2.75, 3.05) is 0 Å². The van der Waals surface area contributed by atoms with E-state index in [1.54, 1.807) is 72.8 Å². The summed E-state index contributed by atoms with van der Waals surface area (Å²) in [5.74, 6) is 0. The van der Waals surface area contributed by atoms with Crippen LogP contribution in [-0.4, -0.2) is 0 Å². The smallest absolute Gasteiger partial charge is 0.138 e.